The quantitative estimate of drug-likeness (QED) is 0.559. The van der Waals surface area contributed by atoms with Crippen molar-refractivity contribution in [3.8, 4) is 0 Å². The van der Waals surface area contributed by atoms with Crippen LogP contribution in [0, 0.1) is 0 Å². The Morgan fingerprint density at radius 1 is 1.24 bits per heavy atom. The topological polar surface area (TPSA) is 50.9 Å². The van der Waals surface area contributed by atoms with Crippen LogP contribution in [0.1, 0.15) is 29.7 Å². The Labute approximate surface area is 128 Å². The van der Waals surface area contributed by atoms with Crippen LogP contribution in [0.5, 0.6) is 0 Å². The molecule has 0 radical (unpaired) electrons. The number of benzene rings is 1. The number of pyridine rings is 1. The molecule has 4 heteroatoms. The Kier molecular flexibility index (Phi) is 4.29. The van der Waals surface area contributed by atoms with Crippen molar-refractivity contribution in [1.29, 1.82) is 0 Å². The molecule has 0 spiro atoms. The van der Waals surface area contributed by atoms with Gasteiger partial charge < -0.3 is 0 Å². The van der Waals surface area contributed by atoms with Gasteiger partial charge in [0.2, 0.25) is 0 Å². The van der Waals surface area contributed by atoms with E-state index in [0.717, 1.165) is 12.8 Å². The molecule has 0 aliphatic rings. The molecule has 3 rings (SSSR count). The lowest BCUT2D eigenvalue weighted by Gasteiger charge is -2.19. The second-order valence-electron chi connectivity index (χ2n) is 5.11. The maximum absolute atomic E-state index is 5.82. The highest BCUT2D eigenvalue weighted by Crippen LogP contribution is 2.30. The second-order valence-corrected chi connectivity index (χ2v) is 6.02. The van der Waals surface area contributed by atoms with Crippen LogP contribution >= 0.6 is 11.3 Å². The summed E-state index contributed by atoms with van der Waals surface area (Å²) in [5.41, 5.74) is 6.81. The van der Waals surface area contributed by atoms with Crippen molar-refractivity contribution in [3.05, 3.63) is 64.8 Å². The first-order valence-corrected chi connectivity index (χ1v) is 8.05. The van der Waals surface area contributed by atoms with Crippen LogP contribution < -0.4 is 11.3 Å². The van der Waals surface area contributed by atoms with Crippen LogP contribution in [0.2, 0.25) is 0 Å². The fraction of sp³-hybridized carbons (Fsp3) is 0.235. The van der Waals surface area contributed by atoms with Gasteiger partial charge in [-0.25, -0.2) is 0 Å². The van der Waals surface area contributed by atoms with E-state index in [9.17, 15) is 0 Å². The molecule has 0 saturated heterocycles. The predicted octanol–water partition coefficient (Wildman–Crippen LogP) is 3.61. The molecule has 0 fully saturated rings. The summed E-state index contributed by atoms with van der Waals surface area (Å²) in [5, 5.41) is 3.57. The average Bonchev–Trinajstić information content (AvgIpc) is 2.95. The summed E-state index contributed by atoms with van der Waals surface area (Å²) in [4.78, 5) is 4.21. The molecular formula is C17H19N3S. The third-order valence-electron chi connectivity index (χ3n) is 3.88. The number of nitrogens with zero attached hydrogens (tertiary/aromatic N) is 1. The summed E-state index contributed by atoms with van der Waals surface area (Å²) in [6, 6.07) is 10.7. The highest BCUT2D eigenvalue weighted by atomic mass is 32.1. The van der Waals surface area contributed by atoms with E-state index in [4.69, 9.17) is 5.84 Å². The summed E-state index contributed by atoms with van der Waals surface area (Å²) < 4.78 is 1.33. The van der Waals surface area contributed by atoms with Gasteiger partial charge in [0, 0.05) is 17.1 Å². The van der Waals surface area contributed by atoms with Crippen molar-refractivity contribution in [1.82, 2.24) is 10.4 Å². The van der Waals surface area contributed by atoms with E-state index < -0.39 is 0 Å². The van der Waals surface area contributed by atoms with E-state index in [1.165, 1.54) is 26.8 Å². The number of nitrogens with two attached hydrogens (primary N) is 1. The van der Waals surface area contributed by atoms with Gasteiger partial charge in [0.1, 0.15) is 0 Å². The minimum Gasteiger partial charge on any atom is -0.271 e. The summed E-state index contributed by atoms with van der Waals surface area (Å²) in [6.07, 6.45) is 5.62. The number of fused-ring (bicyclic) bond motifs is 1. The first kappa shape index (κ1) is 14.2. The summed E-state index contributed by atoms with van der Waals surface area (Å²) in [5.74, 6) is 5.82. The molecule has 0 aliphatic carbocycles. The van der Waals surface area contributed by atoms with Crippen LogP contribution in [-0.4, -0.2) is 4.98 Å². The molecule has 3 nitrogen and oxygen atoms in total. The molecule has 0 aliphatic heterocycles. The number of nitrogens with one attached hydrogen (secondary N) is 1. The Hall–Kier alpha value is -1.75. The first-order chi connectivity index (χ1) is 10.3. The molecule has 3 aromatic rings. The van der Waals surface area contributed by atoms with E-state index in [1.807, 2.05) is 12.4 Å². The maximum atomic E-state index is 5.82. The normalized spacial score (nSPS) is 12.7. The minimum absolute atomic E-state index is 0.112. The number of hydrogen-bond donors (Lipinski definition) is 2. The number of thiophene rings is 1. The molecule has 21 heavy (non-hydrogen) atoms. The molecule has 1 aromatic carbocycles. The lowest BCUT2D eigenvalue weighted by molar-refractivity contribution is 0.549. The number of rotatable bonds is 5. The monoisotopic (exact) mass is 297 g/mol. The fourth-order valence-electron chi connectivity index (χ4n) is 2.74. The lowest BCUT2D eigenvalue weighted by Crippen LogP contribution is -2.30. The Morgan fingerprint density at radius 2 is 2.10 bits per heavy atom. The summed E-state index contributed by atoms with van der Waals surface area (Å²) in [6.45, 7) is 2.15. The highest BCUT2D eigenvalue weighted by Gasteiger charge is 2.16. The van der Waals surface area contributed by atoms with Crippen molar-refractivity contribution in [2.24, 2.45) is 5.84 Å². The summed E-state index contributed by atoms with van der Waals surface area (Å²) >= 11 is 1.79. The van der Waals surface area contributed by atoms with Gasteiger partial charge in [0.25, 0.3) is 0 Å². The smallest absolute Gasteiger partial charge is 0.0504 e. The number of hydrogen-bond acceptors (Lipinski definition) is 4. The highest BCUT2D eigenvalue weighted by molar-refractivity contribution is 7.17. The van der Waals surface area contributed by atoms with Crippen molar-refractivity contribution >= 4 is 21.4 Å². The molecule has 0 bridgehead atoms. The average molecular weight is 297 g/mol. The van der Waals surface area contributed by atoms with Crippen LogP contribution in [0.15, 0.2) is 48.1 Å². The number of hydrazine groups is 1. The second kappa shape index (κ2) is 6.35. The van der Waals surface area contributed by atoms with Crippen molar-refractivity contribution in [3.63, 3.8) is 0 Å². The van der Waals surface area contributed by atoms with Crippen LogP contribution in [0.25, 0.3) is 10.1 Å². The standard InChI is InChI=1S/C17H19N3S/c1-2-12-10-19-8-7-14(12)16(20-18)9-13-11-21-17-6-4-3-5-15(13)17/h3-8,10-11,16,20H,2,9,18H2,1H3. The third-order valence-corrected chi connectivity index (χ3v) is 4.90. The van der Waals surface area contributed by atoms with Crippen molar-refractivity contribution in [2.45, 2.75) is 25.8 Å². The molecule has 2 heterocycles. The zero-order chi connectivity index (χ0) is 14.7. The number of aromatic nitrogens is 1. The van der Waals surface area contributed by atoms with Gasteiger partial charge in [-0.05, 0) is 52.4 Å². The van der Waals surface area contributed by atoms with Gasteiger partial charge in [0.15, 0.2) is 0 Å². The number of aryl methyl sites for hydroxylation is 1. The van der Waals surface area contributed by atoms with Gasteiger partial charge in [-0.1, -0.05) is 25.1 Å². The maximum Gasteiger partial charge on any atom is 0.0504 e. The molecule has 0 amide bonds. The molecule has 0 saturated carbocycles. The van der Waals surface area contributed by atoms with Gasteiger partial charge in [-0.3, -0.25) is 16.3 Å². The Balaban J connectivity index is 1.94. The zero-order valence-electron chi connectivity index (χ0n) is 12.0. The van der Waals surface area contributed by atoms with Gasteiger partial charge >= 0.3 is 0 Å². The van der Waals surface area contributed by atoms with E-state index in [2.05, 4.69) is 53.0 Å². The van der Waals surface area contributed by atoms with Crippen molar-refractivity contribution in [2.75, 3.05) is 0 Å². The molecule has 1 unspecified atom stereocenters. The van der Waals surface area contributed by atoms with Crippen LogP contribution in [0.3, 0.4) is 0 Å². The van der Waals surface area contributed by atoms with E-state index >= 15 is 0 Å². The molecule has 2 aromatic heterocycles. The molecule has 1 atom stereocenters. The molecular weight excluding hydrogens is 278 g/mol. The summed E-state index contributed by atoms with van der Waals surface area (Å²) in [7, 11) is 0. The lowest BCUT2D eigenvalue weighted by atomic mass is 9.95. The van der Waals surface area contributed by atoms with Gasteiger partial charge in [0.05, 0.1) is 6.04 Å². The Bertz CT molecular complexity index is 735. The van der Waals surface area contributed by atoms with Crippen LogP contribution in [0.4, 0.5) is 0 Å². The minimum atomic E-state index is 0.112. The van der Waals surface area contributed by atoms with Crippen molar-refractivity contribution < 1.29 is 0 Å². The fourth-order valence-corrected chi connectivity index (χ4v) is 3.72. The molecule has 108 valence electrons. The SMILES string of the molecule is CCc1cnccc1C(Cc1csc2ccccc12)NN. The third kappa shape index (κ3) is 2.83. The van der Waals surface area contributed by atoms with E-state index in [1.54, 1.807) is 11.3 Å². The van der Waals surface area contributed by atoms with Crippen LogP contribution in [-0.2, 0) is 12.8 Å². The predicted molar refractivity (Wildman–Crippen MR) is 89.2 cm³/mol. The first-order valence-electron chi connectivity index (χ1n) is 7.17. The largest absolute Gasteiger partial charge is 0.271 e. The van der Waals surface area contributed by atoms with Gasteiger partial charge in [-0.2, -0.15) is 0 Å². The van der Waals surface area contributed by atoms with E-state index in [-0.39, 0.29) is 6.04 Å². The zero-order valence-corrected chi connectivity index (χ0v) is 12.9. The molecule has 3 N–H and O–H groups in total. The van der Waals surface area contributed by atoms with E-state index in [0.29, 0.717) is 0 Å². The Morgan fingerprint density at radius 3 is 2.90 bits per heavy atom. The van der Waals surface area contributed by atoms with Gasteiger partial charge in [-0.15, -0.1) is 11.3 Å².